The molecule has 1 unspecified atom stereocenters. The summed E-state index contributed by atoms with van der Waals surface area (Å²) >= 11 is 3.50. The monoisotopic (exact) mass is 289 g/mol. The molecule has 0 bridgehead atoms. The van der Waals surface area contributed by atoms with E-state index in [2.05, 4.69) is 38.0 Å². The predicted molar refractivity (Wildman–Crippen MR) is 73.2 cm³/mol. The minimum atomic E-state index is 0.199. The van der Waals surface area contributed by atoms with Crippen molar-refractivity contribution in [3.8, 4) is 11.3 Å². The van der Waals surface area contributed by atoms with Crippen LogP contribution in [-0.2, 0) is 0 Å². The number of benzene rings is 1. The Kier molecular flexibility index (Phi) is 2.52. The largest absolute Gasteiger partial charge is 0.399 e. The summed E-state index contributed by atoms with van der Waals surface area (Å²) in [4.78, 5) is 8.12. The van der Waals surface area contributed by atoms with Crippen molar-refractivity contribution < 1.29 is 0 Å². The van der Waals surface area contributed by atoms with Crippen molar-refractivity contribution in [3.05, 3.63) is 41.0 Å². The molecule has 1 aliphatic heterocycles. The number of alkyl halides is 1. The Morgan fingerprint density at radius 3 is 2.82 bits per heavy atom. The maximum atomic E-state index is 5.68. The van der Waals surface area contributed by atoms with Crippen LogP contribution in [0.4, 0.5) is 5.69 Å². The number of aromatic nitrogens is 1. The van der Waals surface area contributed by atoms with E-state index in [0.717, 1.165) is 34.1 Å². The lowest BCUT2D eigenvalue weighted by Gasteiger charge is -2.01. The van der Waals surface area contributed by atoms with E-state index in [1.54, 1.807) is 0 Å². The summed E-state index contributed by atoms with van der Waals surface area (Å²) in [5, 5.41) is 2.12. The number of H-pyrrole nitrogens is 1. The molecule has 0 saturated heterocycles. The van der Waals surface area contributed by atoms with Crippen LogP contribution in [0.3, 0.4) is 0 Å². The molecule has 1 aromatic heterocycles. The fourth-order valence-electron chi connectivity index (χ4n) is 1.96. The third-order valence-corrected chi connectivity index (χ3v) is 3.42. The number of hydrogen-bond donors (Lipinski definition) is 2. The van der Waals surface area contributed by atoms with Gasteiger partial charge in [0.05, 0.1) is 10.7 Å². The summed E-state index contributed by atoms with van der Waals surface area (Å²) in [7, 11) is 0. The predicted octanol–water partition coefficient (Wildman–Crippen LogP) is 1.79. The molecule has 3 N–H and O–H groups in total. The zero-order chi connectivity index (χ0) is 11.8. The summed E-state index contributed by atoms with van der Waals surface area (Å²) in [5.41, 5.74) is 8.67. The topological polar surface area (TPSA) is 54.2 Å². The Hall–Kier alpha value is -1.55. The molecule has 17 heavy (non-hydrogen) atoms. The average molecular weight is 290 g/mol. The van der Waals surface area contributed by atoms with Crippen LogP contribution in [0.25, 0.3) is 17.3 Å². The van der Waals surface area contributed by atoms with Gasteiger partial charge >= 0.3 is 0 Å². The quantitative estimate of drug-likeness (QED) is 0.469. The second-order valence-electron chi connectivity index (χ2n) is 4.11. The second kappa shape index (κ2) is 4.04. The lowest BCUT2D eigenvalue weighted by Crippen LogP contribution is -2.27. The zero-order valence-electron chi connectivity index (χ0n) is 9.15. The second-order valence-corrected chi connectivity index (χ2v) is 5.16. The lowest BCUT2D eigenvalue weighted by atomic mass is 10.1. The first kappa shape index (κ1) is 10.6. The molecule has 0 fully saturated rings. The number of nitrogens with two attached hydrogens (primary N) is 1. The molecule has 0 aliphatic carbocycles. The van der Waals surface area contributed by atoms with Crippen molar-refractivity contribution in [3.63, 3.8) is 0 Å². The van der Waals surface area contributed by atoms with Gasteiger partial charge in [0.1, 0.15) is 4.95 Å². The Morgan fingerprint density at radius 2 is 2.06 bits per heavy atom. The summed E-state index contributed by atoms with van der Waals surface area (Å²) in [5.74, 6) is 0. The first-order chi connectivity index (χ1) is 8.22. The maximum absolute atomic E-state index is 5.68. The fraction of sp³-hybridized carbons (Fsp3) is 0.154. The number of nitrogens with zero attached hydrogens (tertiary/aromatic N) is 1. The SMILES string of the molecule is Nc1ccc(-c2cc3c([nH]2)=CCC(Br)N=3)cc1. The van der Waals surface area contributed by atoms with Gasteiger partial charge in [0.2, 0.25) is 0 Å². The summed E-state index contributed by atoms with van der Waals surface area (Å²) < 4.78 is 0. The van der Waals surface area contributed by atoms with E-state index in [-0.39, 0.29) is 4.95 Å². The van der Waals surface area contributed by atoms with Gasteiger partial charge in [-0.2, -0.15) is 0 Å². The first-order valence-corrected chi connectivity index (χ1v) is 6.41. The maximum Gasteiger partial charge on any atom is 0.109 e. The van der Waals surface area contributed by atoms with Crippen molar-refractivity contribution in [1.29, 1.82) is 0 Å². The third-order valence-electron chi connectivity index (χ3n) is 2.84. The molecule has 4 heteroatoms. The minimum Gasteiger partial charge on any atom is -0.399 e. The van der Waals surface area contributed by atoms with Gasteiger partial charge in [-0.3, -0.25) is 4.99 Å². The highest BCUT2D eigenvalue weighted by molar-refractivity contribution is 9.09. The van der Waals surface area contributed by atoms with Gasteiger partial charge in [-0.05, 0) is 23.8 Å². The average Bonchev–Trinajstić information content (AvgIpc) is 2.72. The highest BCUT2D eigenvalue weighted by atomic mass is 79.9. The Balaban J connectivity index is 2.12. The third kappa shape index (κ3) is 2.00. The number of anilines is 1. The van der Waals surface area contributed by atoms with Gasteiger partial charge in [0.25, 0.3) is 0 Å². The molecule has 1 aromatic carbocycles. The highest BCUT2D eigenvalue weighted by Crippen LogP contribution is 2.17. The molecule has 2 aromatic rings. The molecule has 3 nitrogen and oxygen atoms in total. The smallest absolute Gasteiger partial charge is 0.109 e. The van der Waals surface area contributed by atoms with Crippen LogP contribution in [0, 0.1) is 0 Å². The molecule has 0 radical (unpaired) electrons. The van der Waals surface area contributed by atoms with E-state index < -0.39 is 0 Å². The van der Waals surface area contributed by atoms with Crippen molar-refractivity contribution in [1.82, 2.24) is 4.98 Å². The van der Waals surface area contributed by atoms with Crippen molar-refractivity contribution >= 4 is 27.7 Å². The van der Waals surface area contributed by atoms with Crippen LogP contribution < -0.4 is 16.4 Å². The summed E-state index contributed by atoms with van der Waals surface area (Å²) in [6, 6.07) is 9.91. The number of hydrogen-bond acceptors (Lipinski definition) is 2. The van der Waals surface area contributed by atoms with E-state index in [1.807, 2.05) is 24.3 Å². The van der Waals surface area contributed by atoms with Crippen LogP contribution in [0.5, 0.6) is 0 Å². The fourth-order valence-corrected chi connectivity index (χ4v) is 2.37. The first-order valence-electron chi connectivity index (χ1n) is 5.49. The van der Waals surface area contributed by atoms with E-state index >= 15 is 0 Å². The van der Waals surface area contributed by atoms with Crippen LogP contribution in [0.2, 0.25) is 0 Å². The Bertz CT molecular complexity index is 655. The lowest BCUT2D eigenvalue weighted by molar-refractivity contribution is 0.908. The molecular formula is C13H12BrN3. The number of aromatic amines is 1. The molecule has 0 spiro atoms. The summed E-state index contributed by atoms with van der Waals surface area (Å²) in [6.07, 6.45) is 3.09. The molecule has 0 amide bonds. The van der Waals surface area contributed by atoms with Crippen molar-refractivity contribution in [2.75, 3.05) is 5.73 Å². The van der Waals surface area contributed by atoms with Gasteiger partial charge in [-0.25, -0.2) is 0 Å². The van der Waals surface area contributed by atoms with Crippen LogP contribution in [0.15, 0.2) is 35.3 Å². The number of halogens is 1. The number of nitrogen functional groups attached to an aromatic ring is 1. The molecule has 86 valence electrons. The van der Waals surface area contributed by atoms with Crippen LogP contribution in [-0.4, -0.2) is 9.94 Å². The zero-order valence-corrected chi connectivity index (χ0v) is 10.7. The van der Waals surface area contributed by atoms with E-state index in [0.29, 0.717) is 0 Å². The van der Waals surface area contributed by atoms with Gasteiger partial charge in [-0.15, -0.1) is 0 Å². The normalized spacial score (nSPS) is 18.1. The number of fused-ring (bicyclic) bond motifs is 1. The van der Waals surface area contributed by atoms with Gasteiger partial charge in [0.15, 0.2) is 0 Å². The van der Waals surface area contributed by atoms with Gasteiger partial charge in [0, 0.05) is 17.8 Å². The van der Waals surface area contributed by atoms with Gasteiger partial charge in [-0.1, -0.05) is 34.1 Å². The molecule has 1 atom stereocenters. The molecule has 2 heterocycles. The molecule has 0 saturated carbocycles. The number of rotatable bonds is 1. The number of nitrogens with one attached hydrogen (secondary N) is 1. The molecule has 3 rings (SSSR count). The van der Waals surface area contributed by atoms with Gasteiger partial charge < -0.3 is 10.7 Å². The van der Waals surface area contributed by atoms with Crippen LogP contribution in [0.1, 0.15) is 6.42 Å². The summed E-state index contributed by atoms with van der Waals surface area (Å²) in [6.45, 7) is 0. The Morgan fingerprint density at radius 1 is 1.29 bits per heavy atom. The highest BCUT2D eigenvalue weighted by Gasteiger charge is 2.07. The molecular weight excluding hydrogens is 278 g/mol. The van der Waals surface area contributed by atoms with Crippen molar-refractivity contribution in [2.24, 2.45) is 4.99 Å². The van der Waals surface area contributed by atoms with E-state index in [4.69, 9.17) is 5.73 Å². The Labute approximate surface area is 107 Å². The standard InChI is InChI=1S/C13H12BrN3/c14-13-6-5-10-12(17-13)7-11(16-10)8-1-3-9(15)4-2-8/h1-5,7,13,16H,6,15H2. The van der Waals surface area contributed by atoms with Crippen LogP contribution >= 0.6 is 15.9 Å². The minimum absolute atomic E-state index is 0.199. The van der Waals surface area contributed by atoms with Crippen molar-refractivity contribution in [2.45, 2.75) is 11.4 Å². The molecule has 1 aliphatic rings. The van der Waals surface area contributed by atoms with E-state index in [1.165, 1.54) is 0 Å². The van der Waals surface area contributed by atoms with E-state index in [9.17, 15) is 0 Å².